The molecule has 4 aliphatic rings. The van der Waals surface area contributed by atoms with Crippen molar-refractivity contribution in [3.8, 4) is 6.07 Å². The van der Waals surface area contributed by atoms with Crippen molar-refractivity contribution in [3.63, 3.8) is 0 Å². The maximum absolute atomic E-state index is 12.2. The van der Waals surface area contributed by atoms with Gasteiger partial charge in [-0.2, -0.15) is 5.26 Å². The summed E-state index contributed by atoms with van der Waals surface area (Å²) >= 11 is 0. The number of hydrogen-bond donors (Lipinski definition) is 0. The van der Waals surface area contributed by atoms with Crippen molar-refractivity contribution in [3.05, 3.63) is 23.3 Å². The summed E-state index contributed by atoms with van der Waals surface area (Å²) in [6, 6.07) is 2.29. The molecule has 3 unspecified atom stereocenters. The van der Waals surface area contributed by atoms with E-state index in [9.17, 15) is 4.79 Å². The van der Waals surface area contributed by atoms with Gasteiger partial charge in [0.2, 0.25) is 0 Å². The minimum atomic E-state index is 0.184. The number of ketones is 1. The zero-order valence-corrected chi connectivity index (χ0v) is 15.3. The van der Waals surface area contributed by atoms with Crippen molar-refractivity contribution < 1.29 is 4.79 Å². The Kier molecular flexibility index (Phi) is 3.57. The number of hydrogen-bond acceptors (Lipinski definition) is 2. The molecule has 0 spiro atoms. The maximum Gasteiger partial charge on any atom is 0.158 e. The largest absolute Gasteiger partial charge is 0.295 e. The Morgan fingerprint density at radius 2 is 1.92 bits per heavy atom. The monoisotopic (exact) mass is 323 g/mol. The van der Waals surface area contributed by atoms with Gasteiger partial charge < -0.3 is 0 Å². The van der Waals surface area contributed by atoms with Gasteiger partial charge in [0, 0.05) is 12.0 Å². The molecule has 0 aromatic rings. The van der Waals surface area contributed by atoms with E-state index in [0.29, 0.717) is 5.78 Å². The van der Waals surface area contributed by atoms with Gasteiger partial charge in [-0.3, -0.25) is 4.79 Å². The molecule has 0 heterocycles. The van der Waals surface area contributed by atoms with E-state index in [1.807, 2.05) is 12.2 Å². The third-order valence-corrected chi connectivity index (χ3v) is 8.36. The Labute approximate surface area is 146 Å². The van der Waals surface area contributed by atoms with Gasteiger partial charge in [-0.1, -0.05) is 31.9 Å². The fourth-order valence-electron chi connectivity index (χ4n) is 7.06. The van der Waals surface area contributed by atoms with Gasteiger partial charge in [-0.25, -0.2) is 0 Å². The zero-order chi connectivity index (χ0) is 17.1. The first-order chi connectivity index (χ1) is 11.4. The van der Waals surface area contributed by atoms with Crippen LogP contribution in [0.5, 0.6) is 0 Å². The molecule has 0 saturated heterocycles. The van der Waals surface area contributed by atoms with Crippen LogP contribution in [-0.2, 0) is 4.79 Å². The summed E-state index contributed by atoms with van der Waals surface area (Å²) in [7, 11) is 0. The third kappa shape index (κ3) is 2.03. The summed E-state index contributed by atoms with van der Waals surface area (Å²) in [6.45, 7) is 6.98. The first-order valence-electron chi connectivity index (χ1n) is 9.74. The molecular formula is C22H29NO. The first-order valence-corrected chi connectivity index (χ1v) is 9.74. The van der Waals surface area contributed by atoms with Gasteiger partial charge in [0.15, 0.2) is 5.78 Å². The Morgan fingerprint density at radius 3 is 2.67 bits per heavy atom. The fraction of sp³-hybridized carbons (Fsp3) is 0.727. The zero-order valence-electron chi connectivity index (χ0n) is 15.3. The summed E-state index contributed by atoms with van der Waals surface area (Å²) in [5, 5.41) is 9.15. The van der Waals surface area contributed by atoms with Crippen molar-refractivity contribution in [1.82, 2.24) is 0 Å². The van der Waals surface area contributed by atoms with Gasteiger partial charge in [-0.15, -0.1) is 0 Å². The molecule has 2 nitrogen and oxygen atoms in total. The SMILES string of the molecule is C[C@H]1CC2(C)C(=CC1=O)CC[C@@H]1C2CC[C@]2(C)/C(=C\C#N)CCC12. The molecular weight excluding hydrogens is 294 g/mol. The highest BCUT2D eigenvalue weighted by molar-refractivity contribution is 5.93. The highest BCUT2D eigenvalue weighted by Gasteiger charge is 2.58. The lowest BCUT2D eigenvalue weighted by molar-refractivity contribution is -0.121. The normalized spacial score (nSPS) is 49.0. The van der Waals surface area contributed by atoms with Crippen molar-refractivity contribution >= 4 is 5.78 Å². The Bertz CT molecular complexity index is 681. The summed E-state index contributed by atoms with van der Waals surface area (Å²) in [5.74, 6) is 2.77. The minimum absolute atomic E-state index is 0.184. The Balaban J connectivity index is 1.69. The van der Waals surface area contributed by atoms with E-state index in [-0.39, 0.29) is 16.7 Å². The Morgan fingerprint density at radius 1 is 1.17 bits per heavy atom. The molecule has 0 N–H and O–H groups in total. The van der Waals surface area contributed by atoms with E-state index in [4.69, 9.17) is 5.26 Å². The van der Waals surface area contributed by atoms with Gasteiger partial charge in [0.25, 0.3) is 0 Å². The van der Waals surface area contributed by atoms with Crippen molar-refractivity contribution in [2.75, 3.05) is 0 Å². The van der Waals surface area contributed by atoms with E-state index in [0.717, 1.165) is 37.0 Å². The van der Waals surface area contributed by atoms with Gasteiger partial charge in [-0.05, 0) is 79.6 Å². The van der Waals surface area contributed by atoms with Crippen LogP contribution in [0.3, 0.4) is 0 Å². The van der Waals surface area contributed by atoms with Crippen LogP contribution < -0.4 is 0 Å². The minimum Gasteiger partial charge on any atom is -0.295 e. The molecule has 3 saturated carbocycles. The number of carbonyl (C=O) groups is 1. The second-order valence-corrected chi connectivity index (χ2v) is 9.30. The average molecular weight is 323 g/mol. The van der Waals surface area contributed by atoms with E-state index in [2.05, 4.69) is 26.8 Å². The quantitative estimate of drug-likeness (QED) is 0.574. The molecule has 4 aliphatic carbocycles. The number of rotatable bonds is 0. The van der Waals surface area contributed by atoms with Crippen molar-refractivity contribution in [1.29, 1.82) is 5.26 Å². The molecule has 0 amide bonds. The van der Waals surface area contributed by atoms with Gasteiger partial charge >= 0.3 is 0 Å². The highest BCUT2D eigenvalue weighted by Crippen LogP contribution is 2.66. The van der Waals surface area contributed by atoms with E-state index in [1.54, 1.807) is 0 Å². The molecule has 0 aliphatic heterocycles. The van der Waals surface area contributed by atoms with E-state index in [1.165, 1.54) is 36.8 Å². The fourth-order valence-corrected chi connectivity index (χ4v) is 7.06. The van der Waals surface area contributed by atoms with Crippen LogP contribution in [0.25, 0.3) is 0 Å². The average Bonchev–Trinajstić information content (AvgIpc) is 2.86. The molecule has 2 heteroatoms. The van der Waals surface area contributed by atoms with Crippen LogP contribution >= 0.6 is 0 Å². The highest BCUT2D eigenvalue weighted by atomic mass is 16.1. The summed E-state index contributed by atoms with van der Waals surface area (Å²) in [6.07, 6.45) is 12.1. The Hall–Kier alpha value is -1.36. The predicted octanol–water partition coefficient (Wildman–Crippen LogP) is 5.21. The topological polar surface area (TPSA) is 40.9 Å². The molecule has 4 rings (SSSR count). The first kappa shape index (κ1) is 16.1. The molecule has 0 radical (unpaired) electrons. The lowest BCUT2D eigenvalue weighted by atomic mass is 9.46. The number of nitriles is 1. The molecule has 0 aromatic heterocycles. The standard InChI is InChI=1S/C22H29NO/c1-14-13-22(3)16(12-20(14)24)4-6-17-18-7-5-15(9-11-23)21(18,2)10-8-19(17)22/h9,12,14,17-19H,4-8,10,13H2,1-3H3/b15-9-/t14-,17-,18?,19?,21+,22?/m0/s1. The number of carbonyl (C=O) groups excluding carboxylic acids is 1. The smallest absolute Gasteiger partial charge is 0.158 e. The van der Waals surface area contributed by atoms with Crippen LogP contribution in [0.1, 0.15) is 65.7 Å². The molecule has 128 valence electrons. The second kappa shape index (κ2) is 5.32. The van der Waals surface area contributed by atoms with Gasteiger partial charge in [0.05, 0.1) is 6.07 Å². The van der Waals surface area contributed by atoms with Crippen LogP contribution in [0.2, 0.25) is 0 Å². The molecule has 6 atom stereocenters. The third-order valence-electron chi connectivity index (χ3n) is 8.36. The molecule has 3 fully saturated rings. The predicted molar refractivity (Wildman–Crippen MR) is 95.0 cm³/mol. The summed E-state index contributed by atoms with van der Waals surface area (Å²) in [5.41, 5.74) is 3.34. The van der Waals surface area contributed by atoms with Crippen molar-refractivity contribution in [2.45, 2.75) is 65.7 Å². The van der Waals surface area contributed by atoms with Crippen molar-refractivity contribution in [2.24, 2.45) is 34.5 Å². The summed E-state index contributed by atoms with van der Waals surface area (Å²) < 4.78 is 0. The number of nitrogens with zero attached hydrogens (tertiary/aromatic N) is 1. The van der Waals surface area contributed by atoms with Crippen LogP contribution in [0.15, 0.2) is 23.3 Å². The van der Waals surface area contributed by atoms with E-state index < -0.39 is 0 Å². The lowest BCUT2D eigenvalue weighted by Crippen LogP contribution is -2.50. The van der Waals surface area contributed by atoms with E-state index >= 15 is 0 Å². The summed E-state index contributed by atoms with van der Waals surface area (Å²) in [4.78, 5) is 12.2. The molecule has 0 aromatic carbocycles. The maximum atomic E-state index is 12.2. The van der Waals surface area contributed by atoms with Crippen LogP contribution in [0.4, 0.5) is 0 Å². The van der Waals surface area contributed by atoms with Crippen LogP contribution in [0, 0.1) is 45.8 Å². The second-order valence-electron chi connectivity index (χ2n) is 9.30. The van der Waals surface area contributed by atoms with Gasteiger partial charge in [0.1, 0.15) is 0 Å². The molecule has 24 heavy (non-hydrogen) atoms. The number of allylic oxidation sites excluding steroid dienone is 3. The lowest BCUT2D eigenvalue weighted by Gasteiger charge is -2.58. The molecule has 0 bridgehead atoms. The number of fused-ring (bicyclic) bond motifs is 5. The van der Waals surface area contributed by atoms with Crippen LogP contribution in [-0.4, -0.2) is 5.78 Å².